The first kappa shape index (κ1) is 14.3. The highest BCUT2D eigenvalue weighted by Crippen LogP contribution is 2.37. The zero-order chi connectivity index (χ0) is 15.7. The normalized spacial score (nSPS) is 22.5. The highest BCUT2D eigenvalue weighted by Gasteiger charge is 2.44. The van der Waals surface area contributed by atoms with Crippen LogP contribution in [0.15, 0.2) is 34.9 Å². The zero-order valence-electron chi connectivity index (χ0n) is 12.5. The van der Waals surface area contributed by atoms with Gasteiger partial charge in [0.15, 0.2) is 5.79 Å². The molecular weight excluding hydrogens is 298 g/mol. The lowest BCUT2D eigenvalue weighted by Gasteiger charge is -2.21. The molecule has 23 heavy (non-hydrogen) atoms. The van der Waals surface area contributed by atoms with E-state index < -0.39 is 5.79 Å². The van der Waals surface area contributed by atoms with Crippen molar-refractivity contribution in [1.82, 2.24) is 15.5 Å². The molecule has 1 saturated heterocycles. The molecular formula is C16H17N3O4. The molecule has 1 aromatic heterocycles. The Morgan fingerprint density at radius 3 is 2.78 bits per heavy atom. The summed E-state index contributed by atoms with van der Waals surface area (Å²) in [5.74, 6) is -0.499. The van der Waals surface area contributed by atoms with Crippen molar-refractivity contribution in [2.75, 3.05) is 13.2 Å². The van der Waals surface area contributed by atoms with Crippen molar-refractivity contribution >= 4 is 5.91 Å². The molecule has 1 aliphatic heterocycles. The fraction of sp³-hybridized carbons (Fsp3) is 0.438. The Balaban J connectivity index is 1.41. The van der Waals surface area contributed by atoms with E-state index in [-0.39, 0.29) is 17.8 Å². The van der Waals surface area contributed by atoms with Gasteiger partial charge >= 0.3 is 11.8 Å². The number of rotatable bonds is 3. The van der Waals surface area contributed by atoms with E-state index in [1.165, 1.54) is 0 Å². The fourth-order valence-electron chi connectivity index (χ4n) is 3.12. The van der Waals surface area contributed by atoms with E-state index in [4.69, 9.17) is 14.0 Å². The summed E-state index contributed by atoms with van der Waals surface area (Å²) in [6, 6.07) is 9.38. The van der Waals surface area contributed by atoms with Crippen molar-refractivity contribution in [3.63, 3.8) is 0 Å². The van der Waals surface area contributed by atoms with Crippen LogP contribution < -0.4 is 5.32 Å². The van der Waals surface area contributed by atoms with Gasteiger partial charge in [0.2, 0.25) is 5.82 Å². The van der Waals surface area contributed by atoms with Gasteiger partial charge in [-0.25, -0.2) is 0 Å². The van der Waals surface area contributed by atoms with Crippen LogP contribution in [0.25, 0.3) is 11.4 Å². The van der Waals surface area contributed by atoms with Gasteiger partial charge in [-0.1, -0.05) is 35.5 Å². The fourth-order valence-corrected chi connectivity index (χ4v) is 3.12. The number of aromatic nitrogens is 2. The summed E-state index contributed by atoms with van der Waals surface area (Å²) >= 11 is 0. The molecule has 2 aromatic rings. The monoisotopic (exact) mass is 315 g/mol. The summed E-state index contributed by atoms with van der Waals surface area (Å²) in [7, 11) is 0. The maximum atomic E-state index is 12.3. The van der Waals surface area contributed by atoms with E-state index in [0.717, 1.165) is 18.4 Å². The Hall–Kier alpha value is -2.25. The number of benzene rings is 1. The molecule has 1 aromatic carbocycles. The minimum atomic E-state index is -0.512. The van der Waals surface area contributed by atoms with E-state index in [1.54, 1.807) is 0 Å². The van der Waals surface area contributed by atoms with Crippen molar-refractivity contribution in [2.45, 2.75) is 31.1 Å². The molecule has 2 heterocycles. The largest absolute Gasteiger partial charge is 0.347 e. The van der Waals surface area contributed by atoms with E-state index in [0.29, 0.717) is 25.5 Å². The molecule has 2 aliphatic rings. The van der Waals surface area contributed by atoms with Crippen LogP contribution in [0.5, 0.6) is 0 Å². The standard InChI is InChI=1S/C16H17N3O4/c20-14(17-12-6-7-16(10-12)21-8-9-22-16)15-18-13(19-23-15)11-4-2-1-3-5-11/h1-5,12H,6-10H2,(H,17,20). The van der Waals surface area contributed by atoms with Crippen molar-refractivity contribution in [1.29, 1.82) is 0 Å². The molecule has 1 amide bonds. The molecule has 1 unspecified atom stereocenters. The molecule has 1 spiro atoms. The number of amides is 1. The lowest BCUT2D eigenvalue weighted by molar-refractivity contribution is -0.151. The third-order valence-corrected chi connectivity index (χ3v) is 4.23. The minimum Gasteiger partial charge on any atom is -0.347 e. The average Bonchev–Trinajstić information content (AvgIpc) is 3.31. The number of ether oxygens (including phenoxy) is 2. The highest BCUT2D eigenvalue weighted by molar-refractivity contribution is 5.90. The summed E-state index contributed by atoms with van der Waals surface area (Å²) in [4.78, 5) is 16.4. The second kappa shape index (κ2) is 5.75. The molecule has 0 bridgehead atoms. The predicted molar refractivity (Wildman–Crippen MR) is 79.5 cm³/mol. The number of carbonyl (C=O) groups is 1. The first-order chi connectivity index (χ1) is 11.2. The van der Waals surface area contributed by atoms with Crippen molar-refractivity contribution in [2.24, 2.45) is 0 Å². The molecule has 1 saturated carbocycles. The van der Waals surface area contributed by atoms with Crippen LogP contribution in [-0.2, 0) is 9.47 Å². The van der Waals surface area contributed by atoms with Crippen LogP contribution in [0.2, 0.25) is 0 Å². The van der Waals surface area contributed by atoms with Gasteiger partial charge in [-0.15, -0.1) is 0 Å². The van der Waals surface area contributed by atoms with E-state index in [1.807, 2.05) is 30.3 Å². The number of hydrogen-bond acceptors (Lipinski definition) is 6. The average molecular weight is 315 g/mol. The van der Waals surface area contributed by atoms with Crippen LogP contribution in [0, 0.1) is 0 Å². The van der Waals surface area contributed by atoms with Gasteiger partial charge in [-0.2, -0.15) is 4.98 Å². The van der Waals surface area contributed by atoms with Gasteiger partial charge in [-0.05, 0) is 6.42 Å². The summed E-state index contributed by atoms with van der Waals surface area (Å²) in [6.45, 7) is 1.23. The highest BCUT2D eigenvalue weighted by atomic mass is 16.7. The Morgan fingerprint density at radius 2 is 2.00 bits per heavy atom. The zero-order valence-corrected chi connectivity index (χ0v) is 12.5. The summed E-state index contributed by atoms with van der Waals surface area (Å²) in [5.41, 5.74) is 0.808. The van der Waals surface area contributed by atoms with Gasteiger partial charge in [-0.3, -0.25) is 4.79 Å². The Kier molecular flexibility index (Phi) is 3.59. The first-order valence-corrected chi connectivity index (χ1v) is 7.72. The van der Waals surface area contributed by atoms with Crippen molar-refractivity contribution < 1.29 is 18.8 Å². The summed E-state index contributed by atoms with van der Waals surface area (Å²) in [6.07, 6.45) is 2.25. The molecule has 4 rings (SSSR count). The molecule has 2 fully saturated rings. The number of hydrogen-bond donors (Lipinski definition) is 1. The Labute approximate surface area is 133 Å². The molecule has 1 atom stereocenters. The summed E-state index contributed by atoms with van der Waals surface area (Å²) in [5, 5.41) is 6.77. The second-order valence-corrected chi connectivity index (χ2v) is 5.81. The number of nitrogens with zero attached hydrogens (tertiary/aromatic N) is 2. The predicted octanol–water partition coefficient (Wildman–Crippen LogP) is 1.76. The van der Waals surface area contributed by atoms with Gasteiger partial charge in [0, 0.05) is 24.4 Å². The quantitative estimate of drug-likeness (QED) is 0.929. The number of carbonyl (C=O) groups excluding carboxylic acids is 1. The first-order valence-electron chi connectivity index (χ1n) is 7.72. The SMILES string of the molecule is O=C(NC1CCC2(C1)OCCO2)c1nc(-c2ccccc2)no1. The van der Waals surface area contributed by atoms with Crippen LogP contribution in [0.1, 0.15) is 29.9 Å². The topological polar surface area (TPSA) is 86.5 Å². The van der Waals surface area contributed by atoms with Crippen LogP contribution in [0.4, 0.5) is 0 Å². The lowest BCUT2D eigenvalue weighted by Crippen LogP contribution is -2.36. The third-order valence-electron chi connectivity index (χ3n) is 4.23. The molecule has 1 aliphatic carbocycles. The maximum Gasteiger partial charge on any atom is 0.316 e. The summed E-state index contributed by atoms with van der Waals surface area (Å²) < 4.78 is 16.4. The van der Waals surface area contributed by atoms with Gasteiger partial charge in [0.05, 0.1) is 13.2 Å². The molecule has 0 radical (unpaired) electrons. The third kappa shape index (κ3) is 2.85. The maximum absolute atomic E-state index is 12.3. The molecule has 7 nitrogen and oxygen atoms in total. The molecule has 1 N–H and O–H groups in total. The molecule has 120 valence electrons. The van der Waals surface area contributed by atoms with E-state index in [9.17, 15) is 4.79 Å². The van der Waals surface area contributed by atoms with Crippen LogP contribution in [-0.4, -0.2) is 41.1 Å². The van der Waals surface area contributed by atoms with Crippen molar-refractivity contribution in [3.05, 3.63) is 36.2 Å². The lowest BCUT2D eigenvalue weighted by atomic mass is 10.2. The number of nitrogens with one attached hydrogen (secondary N) is 1. The minimum absolute atomic E-state index is 0.00678. The van der Waals surface area contributed by atoms with E-state index in [2.05, 4.69) is 15.5 Å². The van der Waals surface area contributed by atoms with Gasteiger partial charge in [0.25, 0.3) is 0 Å². The Bertz CT molecular complexity index is 694. The Morgan fingerprint density at radius 1 is 1.22 bits per heavy atom. The van der Waals surface area contributed by atoms with Gasteiger partial charge < -0.3 is 19.3 Å². The molecule has 7 heteroatoms. The van der Waals surface area contributed by atoms with Crippen LogP contribution in [0.3, 0.4) is 0 Å². The van der Waals surface area contributed by atoms with Gasteiger partial charge in [0.1, 0.15) is 0 Å². The smallest absolute Gasteiger partial charge is 0.316 e. The second-order valence-electron chi connectivity index (χ2n) is 5.81. The van der Waals surface area contributed by atoms with E-state index >= 15 is 0 Å². The van der Waals surface area contributed by atoms with Crippen LogP contribution >= 0.6 is 0 Å². The van der Waals surface area contributed by atoms with Crippen molar-refractivity contribution in [3.8, 4) is 11.4 Å².